The summed E-state index contributed by atoms with van der Waals surface area (Å²) in [7, 11) is 0. The lowest BCUT2D eigenvalue weighted by atomic mass is 9.96. The number of carbonyl (C=O) groups excluding carboxylic acids is 2. The van der Waals surface area contributed by atoms with Crippen LogP contribution in [-0.2, 0) is 16.0 Å². The van der Waals surface area contributed by atoms with Crippen LogP contribution in [0.15, 0.2) is 91.0 Å². The second-order valence-corrected chi connectivity index (χ2v) is 8.23. The number of piperazine rings is 1. The molecule has 1 fully saturated rings. The lowest BCUT2D eigenvalue weighted by molar-refractivity contribution is -0.929. The Labute approximate surface area is 189 Å². The van der Waals surface area contributed by atoms with Crippen LogP contribution in [0.1, 0.15) is 22.7 Å². The van der Waals surface area contributed by atoms with Crippen molar-refractivity contribution >= 4 is 11.8 Å². The van der Waals surface area contributed by atoms with Gasteiger partial charge in [-0.1, -0.05) is 91.0 Å². The minimum atomic E-state index is -0.123. The fraction of sp³-hybridized carbons (Fsp3) is 0.259. The van der Waals surface area contributed by atoms with Crippen molar-refractivity contribution < 1.29 is 14.5 Å². The maximum Gasteiger partial charge on any atom is 0.242 e. The molecule has 0 atom stereocenters. The molecule has 0 aromatic heterocycles. The summed E-state index contributed by atoms with van der Waals surface area (Å²) in [5, 5.41) is 2.78. The smallest absolute Gasteiger partial charge is 0.242 e. The highest BCUT2D eigenvalue weighted by Crippen LogP contribution is 2.19. The molecule has 2 N–H and O–H groups in total. The summed E-state index contributed by atoms with van der Waals surface area (Å²) >= 11 is 0. The van der Waals surface area contributed by atoms with E-state index in [-0.39, 0.29) is 24.4 Å². The number of nitrogens with one attached hydrogen (secondary N) is 2. The maximum atomic E-state index is 12.7. The summed E-state index contributed by atoms with van der Waals surface area (Å²) < 4.78 is 0. The molecule has 5 nitrogen and oxygen atoms in total. The van der Waals surface area contributed by atoms with Crippen molar-refractivity contribution in [1.29, 1.82) is 0 Å². The van der Waals surface area contributed by atoms with E-state index in [1.165, 1.54) is 16.0 Å². The lowest BCUT2D eigenvalue weighted by Gasteiger charge is -2.37. The third-order valence-corrected chi connectivity index (χ3v) is 6.08. The number of hydrogen-bond acceptors (Lipinski definition) is 2. The highest BCUT2D eigenvalue weighted by atomic mass is 16.2. The van der Waals surface area contributed by atoms with Gasteiger partial charge in [0.15, 0.2) is 0 Å². The molecule has 5 heteroatoms. The first-order chi connectivity index (χ1) is 15.7. The van der Waals surface area contributed by atoms with Gasteiger partial charge in [-0.15, -0.1) is 0 Å². The van der Waals surface area contributed by atoms with E-state index >= 15 is 0 Å². The molecule has 0 radical (unpaired) electrons. The number of hydrogen-bond donors (Lipinski definition) is 2. The van der Waals surface area contributed by atoms with Crippen LogP contribution in [0, 0.1) is 0 Å². The van der Waals surface area contributed by atoms with Crippen molar-refractivity contribution in [3.05, 3.63) is 108 Å². The van der Waals surface area contributed by atoms with Gasteiger partial charge in [0.2, 0.25) is 11.8 Å². The molecule has 0 aliphatic carbocycles. The second kappa shape index (κ2) is 10.7. The van der Waals surface area contributed by atoms with Crippen LogP contribution in [0.2, 0.25) is 0 Å². The minimum absolute atomic E-state index is 0.0126. The Morgan fingerprint density at radius 1 is 0.781 bits per heavy atom. The van der Waals surface area contributed by atoms with Crippen molar-refractivity contribution in [2.45, 2.75) is 12.5 Å². The number of carbonyl (C=O) groups is 2. The molecule has 1 aliphatic heterocycles. The largest absolute Gasteiger partial charge is 0.347 e. The number of benzene rings is 3. The predicted molar refractivity (Wildman–Crippen MR) is 125 cm³/mol. The molecule has 4 rings (SSSR count). The number of amides is 2. The summed E-state index contributed by atoms with van der Waals surface area (Å²) in [5.74, 6) is -0.136. The van der Waals surface area contributed by atoms with Gasteiger partial charge in [-0.2, -0.15) is 0 Å². The molecule has 0 spiro atoms. The summed E-state index contributed by atoms with van der Waals surface area (Å²) in [6.45, 7) is 3.19. The fourth-order valence-corrected chi connectivity index (χ4v) is 4.42. The molecular formula is C27H30N3O2+. The average Bonchev–Trinajstić information content (AvgIpc) is 2.85. The van der Waals surface area contributed by atoms with E-state index < -0.39 is 0 Å². The summed E-state index contributed by atoms with van der Waals surface area (Å²) in [6, 6.07) is 31.0. The first-order valence-electron chi connectivity index (χ1n) is 11.2. The molecule has 3 aromatic carbocycles. The highest BCUT2D eigenvalue weighted by molar-refractivity contribution is 5.85. The Morgan fingerprint density at radius 3 is 1.81 bits per heavy atom. The van der Waals surface area contributed by atoms with Crippen molar-refractivity contribution in [3.8, 4) is 0 Å². The number of nitrogens with zero attached hydrogens (tertiary/aromatic N) is 1. The van der Waals surface area contributed by atoms with Gasteiger partial charge >= 0.3 is 0 Å². The minimum Gasteiger partial charge on any atom is -0.347 e. The molecule has 0 bridgehead atoms. The van der Waals surface area contributed by atoms with Gasteiger partial charge in [-0.3, -0.25) is 9.59 Å². The van der Waals surface area contributed by atoms with Crippen LogP contribution >= 0.6 is 0 Å². The Hall–Kier alpha value is -3.44. The van der Waals surface area contributed by atoms with Crippen molar-refractivity contribution in [3.63, 3.8) is 0 Å². The summed E-state index contributed by atoms with van der Waals surface area (Å²) in [5.41, 5.74) is 3.53. The molecule has 0 saturated carbocycles. The topological polar surface area (TPSA) is 53.9 Å². The van der Waals surface area contributed by atoms with Gasteiger partial charge in [-0.05, 0) is 5.56 Å². The second-order valence-electron chi connectivity index (χ2n) is 8.23. The zero-order chi connectivity index (χ0) is 22.2. The first kappa shape index (κ1) is 21.8. The van der Waals surface area contributed by atoms with E-state index in [4.69, 9.17) is 0 Å². The first-order valence-corrected chi connectivity index (χ1v) is 11.2. The molecule has 1 aliphatic rings. The van der Waals surface area contributed by atoms with E-state index in [2.05, 4.69) is 53.8 Å². The van der Waals surface area contributed by atoms with Gasteiger partial charge in [0.1, 0.15) is 6.04 Å². The van der Waals surface area contributed by atoms with E-state index in [9.17, 15) is 9.59 Å². The summed E-state index contributed by atoms with van der Waals surface area (Å²) in [4.78, 5) is 28.2. The third kappa shape index (κ3) is 5.62. The van der Waals surface area contributed by atoms with Crippen molar-refractivity contribution in [1.82, 2.24) is 10.2 Å². The molecule has 0 unspecified atom stereocenters. The Balaban J connectivity index is 1.32. The van der Waals surface area contributed by atoms with Crippen LogP contribution in [0.25, 0.3) is 0 Å². The molecule has 1 heterocycles. The zero-order valence-corrected chi connectivity index (χ0v) is 18.2. The zero-order valence-electron chi connectivity index (χ0n) is 18.2. The monoisotopic (exact) mass is 428 g/mol. The van der Waals surface area contributed by atoms with Gasteiger partial charge < -0.3 is 15.1 Å². The number of quaternary nitrogens is 1. The Kier molecular flexibility index (Phi) is 7.31. The highest BCUT2D eigenvalue weighted by Gasteiger charge is 2.31. The molecule has 3 aromatic rings. The molecule has 32 heavy (non-hydrogen) atoms. The van der Waals surface area contributed by atoms with Crippen LogP contribution in [-0.4, -0.2) is 49.4 Å². The Bertz CT molecular complexity index is 961. The quantitative estimate of drug-likeness (QED) is 0.604. The van der Waals surface area contributed by atoms with E-state index in [0.717, 1.165) is 18.7 Å². The lowest BCUT2D eigenvalue weighted by Crippen LogP contribution is -3.15. The Morgan fingerprint density at radius 2 is 1.28 bits per heavy atom. The molecule has 164 valence electrons. The van der Waals surface area contributed by atoms with E-state index in [0.29, 0.717) is 19.5 Å². The van der Waals surface area contributed by atoms with Gasteiger partial charge in [0, 0.05) is 11.1 Å². The SMILES string of the molecule is O=C(Cc1ccccc1)NCC(=O)N1CC[NH+](C(c2ccccc2)c2ccccc2)CC1. The number of rotatable bonds is 7. The molecular weight excluding hydrogens is 398 g/mol. The van der Waals surface area contributed by atoms with Crippen LogP contribution in [0.4, 0.5) is 0 Å². The molecule has 1 saturated heterocycles. The third-order valence-electron chi connectivity index (χ3n) is 6.08. The van der Waals surface area contributed by atoms with E-state index in [1.54, 1.807) is 0 Å². The van der Waals surface area contributed by atoms with E-state index in [1.807, 2.05) is 47.4 Å². The van der Waals surface area contributed by atoms with Gasteiger partial charge in [0.25, 0.3) is 0 Å². The average molecular weight is 429 g/mol. The summed E-state index contributed by atoms with van der Waals surface area (Å²) in [6.07, 6.45) is 0.294. The standard InChI is InChI=1S/C27H29N3O2/c31-25(20-22-10-4-1-5-11-22)28-21-26(32)29-16-18-30(19-17-29)27(23-12-6-2-7-13-23)24-14-8-3-9-15-24/h1-15,27H,16-21H2,(H,28,31)/p+1. The van der Waals surface area contributed by atoms with Gasteiger partial charge in [-0.25, -0.2) is 0 Å². The normalized spacial score (nSPS) is 14.3. The van der Waals surface area contributed by atoms with Crippen LogP contribution in [0.5, 0.6) is 0 Å². The van der Waals surface area contributed by atoms with Crippen molar-refractivity contribution in [2.75, 3.05) is 32.7 Å². The fourth-order valence-electron chi connectivity index (χ4n) is 4.42. The van der Waals surface area contributed by atoms with Crippen LogP contribution < -0.4 is 10.2 Å². The van der Waals surface area contributed by atoms with Gasteiger partial charge in [0.05, 0.1) is 39.1 Å². The maximum absolute atomic E-state index is 12.7. The van der Waals surface area contributed by atoms with Crippen molar-refractivity contribution in [2.24, 2.45) is 0 Å². The van der Waals surface area contributed by atoms with Crippen LogP contribution in [0.3, 0.4) is 0 Å². The predicted octanol–water partition coefficient (Wildman–Crippen LogP) is 1.86. The molecule has 2 amide bonds.